The molecule has 0 aliphatic heterocycles. The maximum Gasteiger partial charge on any atom is 0.407 e. The third-order valence-corrected chi connectivity index (χ3v) is 6.44. The van der Waals surface area contributed by atoms with E-state index in [9.17, 15) is 19.5 Å². The van der Waals surface area contributed by atoms with Gasteiger partial charge in [0.15, 0.2) is 0 Å². The first-order valence-corrected chi connectivity index (χ1v) is 11.9. The second-order valence-corrected chi connectivity index (χ2v) is 9.22. The van der Waals surface area contributed by atoms with E-state index in [1.165, 1.54) is 0 Å². The number of carboxylic acid groups (broad SMARTS) is 1. The maximum absolute atomic E-state index is 12.9. The first kappa shape index (κ1) is 25.3. The number of amides is 2. The van der Waals surface area contributed by atoms with Crippen LogP contribution >= 0.6 is 0 Å². The summed E-state index contributed by atoms with van der Waals surface area (Å²) < 4.78 is 5.60. The molecule has 0 bridgehead atoms. The van der Waals surface area contributed by atoms with Crippen molar-refractivity contribution in [2.24, 2.45) is 11.8 Å². The number of rotatable bonds is 10. The fraction of sp³-hybridized carbons (Fsp3) is 0.444. The van der Waals surface area contributed by atoms with Crippen LogP contribution in [0.3, 0.4) is 0 Å². The lowest BCUT2D eigenvalue weighted by Gasteiger charge is -2.28. The highest BCUT2D eigenvalue weighted by atomic mass is 16.5. The molecular weight excluding hydrogens is 432 g/mol. The van der Waals surface area contributed by atoms with Crippen LogP contribution in [0.25, 0.3) is 11.1 Å². The topological polar surface area (TPSA) is 105 Å². The molecular formula is C27H34N2O5. The summed E-state index contributed by atoms with van der Waals surface area (Å²) in [5.74, 6) is -2.21. The van der Waals surface area contributed by atoms with E-state index in [-0.39, 0.29) is 24.3 Å². The number of alkyl carbamates (subject to hydrolysis) is 1. The van der Waals surface area contributed by atoms with Gasteiger partial charge in [-0.2, -0.15) is 0 Å². The SMILES string of the molecule is CCCC(NC(=O)C(C(C)C)C(C)NC(=O)OCC1c2ccccc2-c2ccccc21)C(=O)O. The number of carbonyl (C=O) groups is 3. The molecule has 7 heteroatoms. The van der Waals surface area contributed by atoms with E-state index < -0.39 is 30.1 Å². The molecule has 3 rings (SSSR count). The Bertz CT molecular complexity index is 990. The summed E-state index contributed by atoms with van der Waals surface area (Å²) >= 11 is 0. The van der Waals surface area contributed by atoms with Gasteiger partial charge in [-0.05, 0) is 41.5 Å². The first-order valence-electron chi connectivity index (χ1n) is 11.9. The van der Waals surface area contributed by atoms with Gasteiger partial charge in [0, 0.05) is 12.0 Å². The van der Waals surface area contributed by atoms with Crippen molar-refractivity contribution in [3.63, 3.8) is 0 Å². The highest BCUT2D eigenvalue weighted by Gasteiger charge is 2.33. The molecule has 0 saturated heterocycles. The fourth-order valence-electron chi connectivity index (χ4n) is 4.84. The Morgan fingerprint density at radius 2 is 1.50 bits per heavy atom. The lowest BCUT2D eigenvalue weighted by Crippen LogP contribution is -2.51. The molecule has 1 aliphatic carbocycles. The third-order valence-electron chi connectivity index (χ3n) is 6.44. The molecule has 0 spiro atoms. The molecule has 0 fully saturated rings. The quantitative estimate of drug-likeness (QED) is 0.476. The minimum absolute atomic E-state index is 0.0528. The van der Waals surface area contributed by atoms with Gasteiger partial charge in [0.25, 0.3) is 0 Å². The minimum atomic E-state index is -1.06. The molecule has 2 amide bonds. The van der Waals surface area contributed by atoms with Gasteiger partial charge in [0.05, 0.1) is 5.92 Å². The second kappa shape index (κ2) is 11.2. The Morgan fingerprint density at radius 3 is 2.00 bits per heavy atom. The number of ether oxygens (including phenoxy) is 1. The number of fused-ring (bicyclic) bond motifs is 3. The van der Waals surface area contributed by atoms with E-state index in [2.05, 4.69) is 34.9 Å². The highest BCUT2D eigenvalue weighted by Crippen LogP contribution is 2.44. The van der Waals surface area contributed by atoms with Crippen LogP contribution in [0.1, 0.15) is 57.6 Å². The van der Waals surface area contributed by atoms with Crippen molar-refractivity contribution in [3.05, 3.63) is 59.7 Å². The normalized spacial score (nSPS) is 15.1. The predicted octanol–water partition coefficient (Wildman–Crippen LogP) is 4.56. The zero-order valence-electron chi connectivity index (χ0n) is 20.2. The van der Waals surface area contributed by atoms with E-state index in [1.54, 1.807) is 6.92 Å². The van der Waals surface area contributed by atoms with E-state index in [1.807, 2.05) is 45.0 Å². The van der Waals surface area contributed by atoms with Crippen molar-refractivity contribution in [2.45, 2.75) is 58.5 Å². The lowest BCUT2D eigenvalue weighted by molar-refractivity contribution is -0.143. The van der Waals surface area contributed by atoms with Crippen LogP contribution in [0.15, 0.2) is 48.5 Å². The summed E-state index contributed by atoms with van der Waals surface area (Å²) in [6.07, 6.45) is 0.383. The van der Waals surface area contributed by atoms with E-state index in [0.717, 1.165) is 22.3 Å². The zero-order valence-corrected chi connectivity index (χ0v) is 20.2. The Balaban J connectivity index is 1.63. The van der Waals surface area contributed by atoms with Crippen LogP contribution in [-0.4, -0.2) is 41.8 Å². The Hall–Kier alpha value is -3.35. The Kier molecular flexibility index (Phi) is 8.31. The molecule has 0 aromatic heterocycles. The van der Waals surface area contributed by atoms with Crippen molar-refractivity contribution >= 4 is 18.0 Å². The molecule has 0 radical (unpaired) electrons. The van der Waals surface area contributed by atoms with E-state index in [0.29, 0.717) is 12.8 Å². The number of hydrogen-bond donors (Lipinski definition) is 3. The molecule has 0 saturated carbocycles. The molecule has 7 nitrogen and oxygen atoms in total. The lowest BCUT2D eigenvalue weighted by atomic mass is 9.88. The summed E-state index contributed by atoms with van der Waals surface area (Å²) in [7, 11) is 0. The largest absolute Gasteiger partial charge is 0.480 e. The van der Waals surface area contributed by atoms with E-state index in [4.69, 9.17) is 4.74 Å². The van der Waals surface area contributed by atoms with Gasteiger partial charge >= 0.3 is 12.1 Å². The summed E-state index contributed by atoms with van der Waals surface area (Å²) in [5, 5.41) is 14.8. The van der Waals surface area contributed by atoms with Gasteiger partial charge in [-0.15, -0.1) is 0 Å². The molecule has 3 unspecified atom stereocenters. The minimum Gasteiger partial charge on any atom is -0.480 e. The molecule has 3 N–H and O–H groups in total. The molecule has 2 aromatic carbocycles. The Labute approximate surface area is 200 Å². The smallest absolute Gasteiger partial charge is 0.407 e. The number of benzene rings is 2. The van der Waals surface area contributed by atoms with Crippen molar-refractivity contribution in [3.8, 4) is 11.1 Å². The molecule has 3 atom stereocenters. The number of carboxylic acids is 1. The monoisotopic (exact) mass is 466 g/mol. The molecule has 2 aromatic rings. The summed E-state index contributed by atoms with van der Waals surface area (Å²) in [6, 6.07) is 14.7. The maximum atomic E-state index is 12.9. The number of hydrogen-bond acceptors (Lipinski definition) is 4. The Morgan fingerprint density at radius 1 is 0.941 bits per heavy atom. The number of aliphatic carboxylic acids is 1. The van der Waals surface area contributed by atoms with Crippen molar-refractivity contribution in [2.75, 3.05) is 6.61 Å². The molecule has 1 aliphatic rings. The predicted molar refractivity (Wildman–Crippen MR) is 130 cm³/mol. The van der Waals surface area contributed by atoms with Gasteiger partial charge in [0.1, 0.15) is 12.6 Å². The van der Waals surface area contributed by atoms with Crippen LogP contribution in [-0.2, 0) is 14.3 Å². The number of carbonyl (C=O) groups excluding carboxylic acids is 2. The fourth-order valence-corrected chi connectivity index (χ4v) is 4.84. The van der Waals surface area contributed by atoms with Crippen LogP contribution in [0.5, 0.6) is 0 Å². The number of nitrogens with one attached hydrogen (secondary N) is 2. The molecule has 182 valence electrons. The van der Waals surface area contributed by atoms with Crippen LogP contribution in [0.2, 0.25) is 0 Å². The summed E-state index contributed by atoms with van der Waals surface area (Å²) in [4.78, 5) is 37.0. The average molecular weight is 467 g/mol. The molecule has 0 heterocycles. The van der Waals surface area contributed by atoms with Crippen LogP contribution < -0.4 is 10.6 Å². The van der Waals surface area contributed by atoms with Gasteiger partial charge < -0.3 is 20.5 Å². The van der Waals surface area contributed by atoms with Crippen molar-refractivity contribution in [1.82, 2.24) is 10.6 Å². The molecule has 34 heavy (non-hydrogen) atoms. The first-order chi connectivity index (χ1) is 16.2. The van der Waals surface area contributed by atoms with Gasteiger partial charge in [-0.3, -0.25) is 4.79 Å². The average Bonchev–Trinajstić information content (AvgIpc) is 3.11. The van der Waals surface area contributed by atoms with Crippen LogP contribution in [0, 0.1) is 11.8 Å². The standard InChI is InChI=1S/C27H34N2O5/c1-5-10-23(26(31)32)29-25(30)24(16(2)3)17(4)28-27(33)34-15-22-20-13-8-6-11-18(20)19-12-7-9-14-21(19)22/h6-9,11-14,16-17,22-24H,5,10,15H2,1-4H3,(H,28,33)(H,29,30)(H,31,32). The van der Waals surface area contributed by atoms with Crippen molar-refractivity contribution < 1.29 is 24.2 Å². The van der Waals surface area contributed by atoms with Crippen molar-refractivity contribution in [1.29, 1.82) is 0 Å². The zero-order chi connectivity index (χ0) is 24.8. The highest BCUT2D eigenvalue weighted by molar-refractivity contribution is 5.86. The summed E-state index contributed by atoms with van der Waals surface area (Å²) in [5.41, 5.74) is 4.55. The van der Waals surface area contributed by atoms with Gasteiger partial charge in [-0.25, -0.2) is 9.59 Å². The van der Waals surface area contributed by atoms with Gasteiger partial charge in [-0.1, -0.05) is 75.7 Å². The van der Waals surface area contributed by atoms with Crippen LogP contribution in [0.4, 0.5) is 4.79 Å². The van der Waals surface area contributed by atoms with Gasteiger partial charge in [0.2, 0.25) is 5.91 Å². The third kappa shape index (κ3) is 5.58. The van der Waals surface area contributed by atoms with E-state index >= 15 is 0 Å². The summed E-state index contributed by atoms with van der Waals surface area (Å²) in [6.45, 7) is 7.53. The second-order valence-electron chi connectivity index (χ2n) is 9.22.